The van der Waals surface area contributed by atoms with Crippen molar-refractivity contribution in [2.75, 3.05) is 27.3 Å². The molecule has 4 heterocycles. The van der Waals surface area contributed by atoms with Crippen LogP contribution in [0.2, 0.25) is 0 Å². The predicted molar refractivity (Wildman–Crippen MR) is 145 cm³/mol. The molecular formula is C28H33N7O5. The number of likely N-dealkylation sites (N-methyl/N-ethyl adjacent to an activating group) is 1. The molecule has 3 aliphatic rings. The van der Waals surface area contributed by atoms with Gasteiger partial charge in [-0.15, -0.1) is 5.10 Å². The smallest absolute Gasteiger partial charge is 0.251 e. The maximum Gasteiger partial charge on any atom is 0.251 e. The first kappa shape index (κ1) is 27.1. The van der Waals surface area contributed by atoms with Gasteiger partial charge < -0.3 is 25.4 Å². The summed E-state index contributed by atoms with van der Waals surface area (Å²) in [5.41, 5.74) is 1.92. The zero-order valence-corrected chi connectivity index (χ0v) is 22.5. The standard InChI is InChI=1S/C28H33N7O5/c1-34-16-20-14-23(34)28(38)31-22(12-18-6-4-3-5-7-18)27(37)29-15-21-17-35(33-32-21)10-11-40-24-9-8-19(26(36)30-20)13-25(24)39-2/h3-9,13,17,20,22-23H,10-12,14-16H2,1-2H3,(H,29,37)(H,30,36)(H,31,38)/t20-,22-,23-/m0/s1. The van der Waals surface area contributed by atoms with E-state index in [1.54, 1.807) is 29.1 Å². The van der Waals surface area contributed by atoms with Crippen LogP contribution in [0.15, 0.2) is 54.7 Å². The molecule has 0 aliphatic carbocycles. The minimum absolute atomic E-state index is 0.160. The van der Waals surface area contributed by atoms with Crippen molar-refractivity contribution in [2.45, 2.75) is 44.1 Å². The Kier molecular flexibility index (Phi) is 8.25. The average molecular weight is 548 g/mol. The maximum atomic E-state index is 13.4. The second kappa shape index (κ2) is 12.2. The summed E-state index contributed by atoms with van der Waals surface area (Å²) in [6.45, 7) is 1.36. The number of hydrogen-bond donors (Lipinski definition) is 3. The minimum atomic E-state index is -0.791. The van der Waals surface area contributed by atoms with Gasteiger partial charge in [0.1, 0.15) is 18.3 Å². The van der Waals surface area contributed by atoms with Gasteiger partial charge in [-0.2, -0.15) is 0 Å². The zero-order chi connectivity index (χ0) is 28.1. The Morgan fingerprint density at radius 3 is 2.70 bits per heavy atom. The Morgan fingerprint density at radius 2 is 1.90 bits per heavy atom. The molecule has 0 saturated carbocycles. The molecule has 40 heavy (non-hydrogen) atoms. The van der Waals surface area contributed by atoms with Gasteiger partial charge in [-0.25, -0.2) is 4.68 Å². The van der Waals surface area contributed by atoms with E-state index in [-0.39, 0.29) is 36.9 Å². The van der Waals surface area contributed by atoms with E-state index in [4.69, 9.17) is 9.47 Å². The normalized spacial score (nSPS) is 22.4. The van der Waals surface area contributed by atoms with E-state index >= 15 is 0 Å². The fraction of sp³-hybridized carbons (Fsp3) is 0.393. The number of hydrogen-bond acceptors (Lipinski definition) is 8. The van der Waals surface area contributed by atoms with Gasteiger partial charge in [0, 0.05) is 24.6 Å². The average Bonchev–Trinajstić information content (AvgIpc) is 3.57. The van der Waals surface area contributed by atoms with Gasteiger partial charge in [0.25, 0.3) is 5.91 Å². The van der Waals surface area contributed by atoms with Crippen LogP contribution >= 0.6 is 0 Å². The van der Waals surface area contributed by atoms with Crippen molar-refractivity contribution in [1.29, 1.82) is 0 Å². The zero-order valence-electron chi connectivity index (χ0n) is 22.5. The molecule has 12 nitrogen and oxygen atoms in total. The third-order valence-corrected chi connectivity index (χ3v) is 7.14. The molecule has 3 aromatic rings. The van der Waals surface area contributed by atoms with Crippen molar-refractivity contribution < 1.29 is 23.9 Å². The lowest BCUT2D eigenvalue weighted by molar-refractivity contribution is -0.131. The number of carbonyl (C=O) groups is 3. The summed E-state index contributed by atoms with van der Waals surface area (Å²) in [4.78, 5) is 41.6. The number of ether oxygens (including phenoxy) is 2. The van der Waals surface area contributed by atoms with Gasteiger partial charge >= 0.3 is 0 Å². The SMILES string of the molecule is COc1cc2ccc1OCCn1cc(nn1)CNC(=O)[C@H](Cc1ccccc1)NC(=O)[C@@H]1C[C@@H](CN1C)NC2=O. The number of benzene rings is 2. The number of amides is 3. The van der Waals surface area contributed by atoms with E-state index < -0.39 is 12.1 Å². The summed E-state index contributed by atoms with van der Waals surface area (Å²) in [7, 11) is 3.35. The van der Waals surface area contributed by atoms with Gasteiger partial charge in [-0.1, -0.05) is 35.5 Å². The van der Waals surface area contributed by atoms with Gasteiger partial charge in [-0.05, 0) is 37.2 Å². The second-order valence-electron chi connectivity index (χ2n) is 10.0. The molecule has 12 heteroatoms. The first-order valence-corrected chi connectivity index (χ1v) is 13.2. The number of nitrogens with zero attached hydrogens (tertiary/aromatic N) is 4. The molecule has 1 saturated heterocycles. The molecule has 3 aliphatic heterocycles. The largest absolute Gasteiger partial charge is 0.493 e. The summed E-state index contributed by atoms with van der Waals surface area (Å²) in [5.74, 6) is 0.0761. The third kappa shape index (κ3) is 6.40. The Morgan fingerprint density at radius 1 is 1.07 bits per heavy atom. The van der Waals surface area contributed by atoms with Crippen LogP contribution in [0, 0.1) is 0 Å². The molecule has 2 aromatic carbocycles. The summed E-state index contributed by atoms with van der Waals surface area (Å²) in [5, 5.41) is 17.1. The molecule has 3 amide bonds. The minimum Gasteiger partial charge on any atom is -0.493 e. The van der Waals surface area contributed by atoms with Gasteiger partial charge in [-0.3, -0.25) is 19.3 Å². The molecule has 1 fully saturated rings. The van der Waals surface area contributed by atoms with Crippen molar-refractivity contribution in [3.8, 4) is 11.5 Å². The molecule has 3 N–H and O–H groups in total. The Bertz CT molecular complexity index is 1360. The molecule has 3 atom stereocenters. The number of methoxy groups -OCH3 is 1. The van der Waals surface area contributed by atoms with Crippen LogP contribution in [0.5, 0.6) is 11.5 Å². The maximum absolute atomic E-state index is 13.4. The third-order valence-electron chi connectivity index (χ3n) is 7.14. The fourth-order valence-corrected chi connectivity index (χ4v) is 5.01. The molecule has 210 valence electrons. The summed E-state index contributed by atoms with van der Waals surface area (Å²) >= 11 is 0. The van der Waals surface area contributed by atoms with Crippen LogP contribution in [0.1, 0.15) is 28.0 Å². The molecule has 1 aromatic heterocycles. The number of rotatable bonds is 3. The fourth-order valence-electron chi connectivity index (χ4n) is 5.01. The molecular weight excluding hydrogens is 514 g/mol. The van der Waals surface area contributed by atoms with Crippen LogP contribution in [0.4, 0.5) is 0 Å². The lowest BCUT2D eigenvalue weighted by Crippen LogP contribution is -2.52. The van der Waals surface area contributed by atoms with Crippen molar-refractivity contribution in [3.05, 3.63) is 71.5 Å². The highest BCUT2D eigenvalue weighted by Gasteiger charge is 2.37. The number of likely N-dealkylation sites (tertiary alicyclic amines) is 1. The van der Waals surface area contributed by atoms with Gasteiger partial charge in [0.15, 0.2) is 11.5 Å². The van der Waals surface area contributed by atoms with Crippen molar-refractivity contribution >= 4 is 17.7 Å². The number of aromatic nitrogens is 3. The molecule has 6 bridgehead atoms. The second-order valence-corrected chi connectivity index (χ2v) is 10.0. The molecule has 0 radical (unpaired) electrons. The van der Waals surface area contributed by atoms with Crippen LogP contribution < -0.4 is 25.4 Å². The van der Waals surface area contributed by atoms with Crippen molar-refractivity contribution in [2.24, 2.45) is 0 Å². The topological polar surface area (TPSA) is 140 Å². The number of carbonyl (C=O) groups excluding carboxylic acids is 3. The number of nitrogens with one attached hydrogen (secondary N) is 3. The van der Waals surface area contributed by atoms with Crippen LogP contribution in [0.3, 0.4) is 0 Å². The summed E-state index contributed by atoms with van der Waals surface area (Å²) in [6, 6.07) is 13.0. The lowest BCUT2D eigenvalue weighted by Gasteiger charge is -2.23. The van der Waals surface area contributed by atoms with Gasteiger partial charge in [0.05, 0.1) is 32.4 Å². The first-order valence-electron chi connectivity index (χ1n) is 13.2. The van der Waals surface area contributed by atoms with E-state index in [1.165, 1.54) is 7.11 Å². The highest BCUT2D eigenvalue weighted by atomic mass is 16.5. The number of fused-ring (bicyclic) bond motifs is 10. The highest BCUT2D eigenvalue weighted by Crippen LogP contribution is 2.28. The predicted octanol–water partition coefficient (Wildman–Crippen LogP) is 0.526. The first-order chi connectivity index (χ1) is 19.4. The van der Waals surface area contributed by atoms with E-state index in [9.17, 15) is 14.4 Å². The lowest BCUT2D eigenvalue weighted by atomic mass is 10.0. The Balaban J connectivity index is 1.39. The van der Waals surface area contributed by atoms with Crippen LogP contribution in [-0.4, -0.2) is 83.0 Å². The molecule has 0 unspecified atom stereocenters. The summed E-state index contributed by atoms with van der Waals surface area (Å²) in [6.07, 6.45) is 2.47. The van der Waals surface area contributed by atoms with Crippen molar-refractivity contribution in [1.82, 2.24) is 35.8 Å². The van der Waals surface area contributed by atoms with E-state index in [2.05, 4.69) is 26.3 Å². The molecule has 0 spiro atoms. The van der Waals surface area contributed by atoms with E-state index in [0.29, 0.717) is 48.7 Å². The monoisotopic (exact) mass is 547 g/mol. The Labute approximate surface area is 232 Å². The Hall–Kier alpha value is -4.45. The quantitative estimate of drug-likeness (QED) is 0.432. The highest BCUT2D eigenvalue weighted by molar-refractivity contribution is 5.95. The summed E-state index contributed by atoms with van der Waals surface area (Å²) < 4.78 is 12.9. The van der Waals surface area contributed by atoms with Crippen LogP contribution in [-0.2, 0) is 29.1 Å². The van der Waals surface area contributed by atoms with Crippen LogP contribution in [0.25, 0.3) is 0 Å². The van der Waals surface area contributed by atoms with Crippen molar-refractivity contribution in [3.63, 3.8) is 0 Å². The van der Waals surface area contributed by atoms with E-state index in [0.717, 1.165) is 5.56 Å². The van der Waals surface area contributed by atoms with E-state index in [1.807, 2.05) is 42.3 Å². The molecule has 6 rings (SSSR count). The van der Waals surface area contributed by atoms with Gasteiger partial charge in [0.2, 0.25) is 11.8 Å².